The molecule has 0 unspecified atom stereocenters. The summed E-state index contributed by atoms with van der Waals surface area (Å²) in [5.74, 6) is 0.0822. The Bertz CT molecular complexity index is 434. The zero-order valence-corrected chi connectivity index (χ0v) is 13.6. The molecule has 0 aliphatic carbocycles. The molecule has 1 aromatic rings. The fraction of sp³-hybridized carbons (Fsp3) is 0.533. The normalized spacial score (nSPS) is 11.1. The summed E-state index contributed by atoms with van der Waals surface area (Å²) in [6, 6.07) is 5.55. The first-order valence-corrected chi connectivity index (χ1v) is 7.39. The number of hydrogen-bond donors (Lipinski definition) is 1. The first kappa shape index (κ1) is 16.0. The van der Waals surface area contributed by atoms with Gasteiger partial charge >= 0.3 is 5.97 Å². The number of carbonyl (C=O) groups is 1. The van der Waals surface area contributed by atoms with Crippen molar-refractivity contribution in [3.8, 4) is 0 Å². The molecular weight excluding hydrogens is 306 g/mol. The maximum Gasteiger partial charge on any atom is 0.338 e. The number of halogens is 1. The molecular formula is C15H22BrNO2. The largest absolute Gasteiger partial charge is 0.478 e. The number of benzene rings is 1. The second kappa shape index (κ2) is 6.94. The molecule has 0 aromatic heterocycles. The van der Waals surface area contributed by atoms with Crippen LogP contribution in [0.3, 0.4) is 0 Å². The number of hydrogen-bond acceptors (Lipinski definition) is 2. The van der Waals surface area contributed by atoms with Gasteiger partial charge in [0, 0.05) is 17.6 Å². The van der Waals surface area contributed by atoms with Crippen LogP contribution >= 0.6 is 15.9 Å². The van der Waals surface area contributed by atoms with E-state index in [-0.39, 0.29) is 0 Å². The third-order valence-corrected chi connectivity index (χ3v) is 3.38. The third-order valence-electron chi connectivity index (χ3n) is 2.72. The predicted octanol–water partition coefficient (Wildman–Crippen LogP) is 4.27. The van der Waals surface area contributed by atoms with Gasteiger partial charge in [0.05, 0.1) is 11.3 Å². The monoisotopic (exact) mass is 327 g/mol. The fourth-order valence-electron chi connectivity index (χ4n) is 2.14. The van der Waals surface area contributed by atoms with E-state index in [0.717, 1.165) is 18.8 Å². The SMILES string of the molecule is CC(C)CN(CC(C)C)c1cccc(Br)c1C(=O)O. The minimum atomic E-state index is -0.889. The zero-order chi connectivity index (χ0) is 14.6. The van der Waals surface area contributed by atoms with Gasteiger partial charge in [-0.05, 0) is 39.9 Å². The Morgan fingerprint density at radius 2 is 1.74 bits per heavy atom. The Kier molecular flexibility index (Phi) is 5.85. The second-order valence-corrected chi connectivity index (χ2v) is 6.49. The fourth-order valence-corrected chi connectivity index (χ4v) is 2.67. The van der Waals surface area contributed by atoms with E-state index in [0.29, 0.717) is 21.9 Å². The van der Waals surface area contributed by atoms with Crippen LogP contribution in [0.5, 0.6) is 0 Å². The second-order valence-electron chi connectivity index (χ2n) is 5.63. The van der Waals surface area contributed by atoms with E-state index in [1.54, 1.807) is 6.07 Å². The summed E-state index contributed by atoms with van der Waals surface area (Å²) in [7, 11) is 0. The van der Waals surface area contributed by atoms with Crippen LogP contribution in [0.15, 0.2) is 22.7 Å². The summed E-state index contributed by atoms with van der Waals surface area (Å²) >= 11 is 3.34. The molecule has 4 heteroatoms. The summed E-state index contributed by atoms with van der Waals surface area (Å²) in [6.45, 7) is 10.3. The molecule has 0 aliphatic rings. The molecule has 19 heavy (non-hydrogen) atoms. The smallest absolute Gasteiger partial charge is 0.338 e. The Morgan fingerprint density at radius 3 is 2.16 bits per heavy atom. The molecule has 0 heterocycles. The van der Waals surface area contributed by atoms with E-state index < -0.39 is 5.97 Å². The van der Waals surface area contributed by atoms with Crippen LogP contribution < -0.4 is 4.90 Å². The molecule has 1 rings (SSSR count). The van der Waals surface area contributed by atoms with Gasteiger partial charge in [-0.25, -0.2) is 4.79 Å². The number of aromatic carboxylic acids is 1. The highest BCUT2D eigenvalue weighted by Gasteiger charge is 2.20. The van der Waals surface area contributed by atoms with E-state index in [1.807, 2.05) is 12.1 Å². The van der Waals surface area contributed by atoms with Gasteiger partial charge in [-0.2, -0.15) is 0 Å². The van der Waals surface area contributed by atoms with Gasteiger partial charge in [-0.1, -0.05) is 33.8 Å². The zero-order valence-electron chi connectivity index (χ0n) is 12.0. The van der Waals surface area contributed by atoms with Crippen molar-refractivity contribution in [1.29, 1.82) is 0 Å². The average molecular weight is 328 g/mol. The Hall–Kier alpha value is -1.03. The lowest BCUT2D eigenvalue weighted by molar-refractivity contribution is 0.0696. The number of carboxylic acids is 1. The molecule has 3 nitrogen and oxygen atoms in total. The lowest BCUT2D eigenvalue weighted by Crippen LogP contribution is -2.32. The molecule has 0 aliphatic heterocycles. The standard InChI is InChI=1S/C15H22BrNO2/c1-10(2)8-17(9-11(3)4)13-7-5-6-12(16)14(13)15(18)19/h5-7,10-11H,8-9H2,1-4H3,(H,18,19). The van der Waals surface area contributed by atoms with Gasteiger partial charge in [0.15, 0.2) is 0 Å². The molecule has 0 amide bonds. The molecule has 0 fully saturated rings. The van der Waals surface area contributed by atoms with Gasteiger partial charge in [-0.3, -0.25) is 0 Å². The van der Waals surface area contributed by atoms with Crippen LogP contribution in [0.1, 0.15) is 38.1 Å². The summed E-state index contributed by atoms with van der Waals surface area (Å²) in [5, 5.41) is 9.41. The van der Waals surface area contributed by atoms with Gasteiger partial charge in [0.25, 0.3) is 0 Å². The van der Waals surface area contributed by atoms with Crippen molar-refractivity contribution in [3.63, 3.8) is 0 Å². The summed E-state index contributed by atoms with van der Waals surface area (Å²) in [4.78, 5) is 13.6. The van der Waals surface area contributed by atoms with Crippen molar-refractivity contribution in [1.82, 2.24) is 0 Å². The van der Waals surface area contributed by atoms with Crippen molar-refractivity contribution in [3.05, 3.63) is 28.2 Å². The molecule has 0 saturated carbocycles. The Morgan fingerprint density at radius 1 is 1.21 bits per heavy atom. The molecule has 106 valence electrons. The van der Waals surface area contributed by atoms with Crippen molar-refractivity contribution in [2.24, 2.45) is 11.8 Å². The van der Waals surface area contributed by atoms with Crippen molar-refractivity contribution in [2.45, 2.75) is 27.7 Å². The van der Waals surface area contributed by atoms with E-state index in [4.69, 9.17) is 0 Å². The number of rotatable bonds is 6. The minimum Gasteiger partial charge on any atom is -0.478 e. The van der Waals surface area contributed by atoms with Crippen LogP contribution in [0, 0.1) is 11.8 Å². The molecule has 0 bridgehead atoms. The summed E-state index contributed by atoms with van der Waals surface area (Å²) < 4.78 is 0.634. The maximum atomic E-state index is 11.5. The van der Waals surface area contributed by atoms with Crippen molar-refractivity contribution in [2.75, 3.05) is 18.0 Å². The highest BCUT2D eigenvalue weighted by molar-refractivity contribution is 9.10. The van der Waals surface area contributed by atoms with Crippen LogP contribution in [0.25, 0.3) is 0 Å². The van der Waals surface area contributed by atoms with Gasteiger partial charge in [0.1, 0.15) is 0 Å². The van der Waals surface area contributed by atoms with Gasteiger partial charge < -0.3 is 10.0 Å². The van der Waals surface area contributed by atoms with E-state index >= 15 is 0 Å². The van der Waals surface area contributed by atoms with Crippen LogP contribution in [-0.2, 0) is 0 Å². The van der Waals surface area contributed by atoms with Gasteiger partial charge in [-0.15, -0.1) is 0 Å². The number of carboxylic acid groups (broad SMARTS) is 1. The Labute approximate surface area is 123 Å². The van der Waals surface area contributed by atoms with Crippen molar-refractivity contribution < 1.29 is 9.90 Å². The predicted molar refractivity (Wildman–Crippen MR) is 83.0 cm³/mol. The maximum absolute atomic E-state index is 11.5. The molecule has 0 radical (unpaired) electrons. The van der Waals surface area contributed by atoms with E-state index in [9.17, 15) is 9.90 Å². The highest BCUT2D eigenvalue weighted by atomic mass is 79.9. The minimum absolute atomic E-state index is 0.351. The van der Waals surface area contributed by atoms with E-state index in [1.165, 1.54) is 0 Å². The van der Waals surface area contributed by atoms with Crippen molar-refractivity contribution >= 4 is 27.6 Å². The molecule has 0 saturated heterocycles. The first-order chi connectivity index (χ1) is 8.82. The molecule has 1 aromatic carbocycles. The summed E-state index contributed by atoms with van der Waals surface area (Å²) in [6.07, 6.45) is 0. The summed E-state index contributed by atoms with van der Waals surface area (Å²) in [5.41, 5.74) is 1.15. The van der Waals surface area contributed by atoms with Crippen LogP contribution in [-0.4, -0.2) is 24.2 Å². The lowest BCUT2D eigenvalue weighted by Gasteiger charge is -2.30. The topological polar surface area (TPSA) is 40.5 Å². The lowest BCUT2D eigenvalue weighted by atomic mass is 10.1. The quantitative estimate of drug-likeness (QED) is 0.848. The van der Waals surface area contributed by atoms with Crippen LogP contribution in [0.4, 0.5) is 5.69 Å². The molecule has 1 N–H and O–H groups in total. The van der Waals surface area contributed by atoms with Crippen LogP contribution in [0.2, 0.25) is 0 Å². The van der Waals surface area contributed by atoms with E-state index in [2.05, 4.69) is 48.5 Å². The third kappa shape index (κ3) is 4.53. The van der Waals surface area contributed by atoms with Gasteiger partial charge in [0.2, 0.25) is 0 Å². The average Bonchev–Trinajstić information content (AvgIpc) is 2.25. The molecule has 0 spiro atoms. The Balaban J connectivity index is 3.21. The highest BCUT2D eigenvalue weighted by Crippen LogP contribution is 2.29. The molecule has 0 atom stereocenters. The number of nitrogens with zero attached hydrogens (tertiary/aromatic N) is 1. The first-order valence-electron chi connectivity index (χ1n) is 6.59. The number of anilines is 1.